The lowest BCUT2D eigenvalue weighted by atomic mass is 10.3. The molecule has 0 atom stereocenters. The molecule has 3 aromatic rings. The Labute approximate surface area is 113 Å². The molecule has 0 saturated heterocycles. The molecule has 3 rings (SSSR count). The highest BCUT2D eigenvalue weighted by Crippen LogP contribution is 2.02. The van der Waals surface area contributed by atoms with Crippen molar-refractivity contribution in [2.24, 2.45) is 0 Å². The van der Waals surface area contributed by atoms with Crippen LogP contribution in [0.3, 0.4) is 0 Å². The van der Waals surface area contributed by atoms with Crippen LogP contribution in [0.25, 0.3) is 5.69 Å². The molecule has 0 spiro atoms. The van der Waals surface area contributed by atoms with E-state index in [2.05, 4.69) is 20.7 Å². The van der Waals surface area contributed by atoms with Crippen molar-refractivity contribution in [3.05, 3.63) is 60.4 Å². The molecule has 0 unspecified atom stereocenters. The molecule has 0 bridgehead atoms. The van der Waals surface area contributed by atoms with E-state index in [0.29, 0.717) is 0 Å². The van der Waals surface area contributed by atoms with Gasteiger partial charge in [-0.1, -0.05) is 24.3 Å². The third-order valence-corrected chi connectivity index (χ3v) is 2.50. The highest BCUT2D eigenvalue weighted by Gasteiger charge is 2.19. The number of carbonyl (C=O) groups is 1. The van der Waals surface area contributed by atoms with E-state index in [4.69, 9.17) is 4.52 Å². The predicted molar refractivity (Wildman–Crippen MR) is 68.0 cm³/mol. The van der Waals surface area contributed by atoms with Gasteiger partial charge in [-0.2, -0.15) is 0 Å². The Morgan fingerprint density at radius 3 is 2.65 bits per heavy atom. The standard InChI is InChI=1S/C13H9N5O2/c19-12(11-8-4-5-9-14-11)15-13-16-18(17-20-13)10-6-2-1-3-7-10/h1-9H/p+1. The van der Waals surface area contributed by atoms with E-state index in [1.807, 2.05) is 30.3 Å². The first kappa shape index (κ1) is 12.0. The number of hydrogen-bond acceptors (Lipinski definition) is 5. The van der Waals surface area contributed by atoms with Crippen LogP contribution in [0.1, 0.15) is 10.5 Å². The van der Waals surface area contributed by atoms with Crippen LogP contribution in [-0.4, -0.2) is 21.3 Å². The molecular weight excluding hydrogens is 258 g/mol. The Balaban J connectivity index is 1.77. The van der Waals surface area contributed by atoms with Crippen LogP contribution in [0, 0.1) is 0 Å². The lowest BCUT2D eigenvalue weighted by molar-refractivity contribution is -0.724. The minimum absolute atomic E-state index is 0.00417. The number of rotatable bonds is 3. The van der Waals surface area contributed by atoms with E-state index in [0.717, 1.165) is 5.69 Å². The Morgan fingerprint density at radius 1 is 1.10 bits per heavy atom. The van der Waals surface area contributed by atoms with Gasteiger partial charge in [0.25, 0.3) is 11.6 Å². The summed E-state index contributed by atoms with van der Waals surface area (Å²) in [7, 11) is 0. The van der Waals surface area contributed by atoms with E-state index in [-0.39, 0.29) is 11.7 Å². The summed E-state index contributed by atoms with van der Waals surface area (Å²) in [5, 5.41) is 10.2. The van der Waals surface area contributed by atoms with Gasteiger partial charge in [-0.25, -0.2) is 0 Å². The number of anilines is 1. The molecule has 0 radical (unpaired) electrons. The number of aromatic nitrogens is 4. The number of para-hydroxylation sites is 1. The molecular formula is C13H10N5O2+. The Kier molecular flexibility index (Phi) is 3.15. The quantitative estimate of drug-likeness (QED) is 0.716. The molecule has 0 aliphatic carbocycles. The van der Waals surface area contributed by atoms with Crippen molar-refractivity contribution in [3.63, 3.8) is 0 Å². The molecule has 1 aromatic carbocycles. The molecule has 2 heterocycles. The maximum atomic E-state index is 11.8. The third-order valence-electron chi connectivity index (χ3n) is 2.50. The minimum atomic E-state index is -0.408. The maximum Gasteiger partial charge on any atom is 0.396 e. The van der Waals surface area contributed by atoms with Gasteiger partial charge in [0.15, 0.2) is 0 Å². The van der Waals surface area contributed by atoms with Crippen molar-refractivity contribution in [3.8, 4) is 5.69 Å². The molecule has 0 saturated carbocycles. The summed E-state index contributed by atoms with van der Waals surface area (Å²) in [5.74, 6) is -0.408. The highest BCUT2D eigenvalue weighted by atomic mass is 16.5. The van der Waals surface area contributed by atoms with E-state index in [1.165, 1.54) is 11.0 Å². The summed E-state index contributed by atoms with van der Waals surface area (Å²) >= 11 is 0. The lowest BCUT2D eigenvalue weighted by Crippen LogP contribution is -2.35. The summed E-state index contributed by atoms with van der Waals surface area (Å²) in [5.41, 5.74) is 1.01. The van der Waals surface area contributed by atoms with Gasteiger partial charge in [0.2, 0.25) is 5.27 Å². The van der Waals surface area contributed by atoms with E-state index in [1.54, 1.807) is 18.2 Å². The predicted octanol–water partition coefficient (Wildman–Crippen LogP) is 0.994. The first-order chi connectivity index (χ1) is 9.83. The van der Waals surface area contributed by atoms with E-state index in [9.17, 15) is 4.79 Å². The second-order valence-electron chi connectivity index (χ2n) is 3.87. The van der Waals surface area contributed by atoms with Crippen LogP contribution in [0.5, 0.6) is 0 Å². The smallest absolute Gasteiger partial charge is 0.267 e. The lowest BCUT2D eigenvalue weighted by Gasteiger charge is -1.95. The van der Waals surface area contributed by atoms with Crippen LogP contribution in [0.4, 0.5) is 6.01 Å². The van der Waals surface area contributed by atoms with Gasteiger partial charge in [0.1, 0.15) is 10.5 Å². The molecule has 1 amide bonds. The topological polar surface area (TPSA) is 84.8 Å². The molecule has 1 N–H and O–H groups in total. The van der Waals surface area contributed by atoms with Gasteiger partial charge >= 0.3 is 6.01 Å². The van der Waals surface area contributed by atoms with Gasteiger partial charge < -0.3 is 0 Å². The number of nitrogens with zero attached hydrogens (tertiary/aromatic N) is 4. The second-order valence-corrected chi connectivity index (χ2v) is 3.87. The SMILES string of the molecule is O=C(Nc1n[n+](-c2ccccc2)no1)c1ccccn1. The number of nitrogens with one attached hydrogen (secondary N) is 1. The van der Waals surface area contributed by atoms with Crippen LogP contribution in [0.15, 0.2) is 59.3 Å². The molecule has 0 aliphatic heterocycles. The summed E-state index contributed by atoms with van der Waals surface area (Å²) in [4.78, 5) is 17.1. The van der Waals surface area contributed by atoms with Gasteiger partial charge in [0.05, 0.1) is 5.10 Å². The van der Waals surface area contributed by atoms with Gasteiger partial charge in [0, 0.05) is 18.3 Å². The maximum absolute atomic E-state index is 11.8. The fraction of sp³-hybridized carbons (Fsp3) is 0. The molecule has 0 aliphatic rings. The fourth-order valence-corrected chi connectivity index (χ4v) is 1.57. The zero-order valence-electron chi connectivity index (χ0n) is 10.3. The summed E-state index contributed by atoms with van der Waals surface area (Å²) in [6, 6.07) is 14.3. The Hall–Kier alpha value is -3.09. The average molecular weight is 268 g/mol. The molecule has 20 heavy (non-hydrogen) atoms. The van der Waals surface area contributed by atoms with E-state index < -0.39 is 5.91 Å². The van der Waals surface area contributed by atoms with Crippen molar-refractivity contribution < 1.29 is 14.1 Å². The minimum Gasteiger partial charge on any atom is -0.267 e. The normalized spacial score (nSPS) is 10.2. The Bertz CT molecular complexity index is 712. The van der Waals surface area contributed by atoms with Crippen LogP contribution in [-0.2, 0) is 0 Å². The van der Waals surface area contributed by atoms with Gasteiger partial charge in [-0.3, -0.25) is 19.6 Å². The Morgan fingerprint density at radius 2 is 1.90 bits per heavy atom. The molecule has 98 valence electrons. The monoisotopic (exact) mass is 268 g/mol. The average Bonchev–Trinajstić information content (AvgIpc) is 2.97. The highest BCUT2D eigenvalue weighted by molar-refractivity contribution is 6.01. The van der Waals surface area contributed by atoms with Crippen molar-refractivity contribution >= 4 is 11.9 Å². The van der Waals surface area contributed by atoms with Gasteiger partial charge in [-0.15, -0.1) is 0 Å². The number of hydrogen-bond donors (Lipinski definition) is 1. The van der Waals surface area contributed by atoms with Crippen LogP contribution < -0.4 is 10.1 Å². The summed E-state index contributed by atoms with van der Waals surface area (Å²) in [6.07, 6.45) is 1.53. The van der Waals surface area contributed by atoms with Crippen molar-refractivity contribution in [2.45, 2.75) is 0 Å². The molecule has 7 nitrogen and oxygen atoms in total. The first-order valence-corrected chi connectivity index (χ1v) is 5.87. The number of amides is 1. The molecule has 2 aromatic heterocycles. The largest absolute Gasteiger partial charge is 0.396 e. The number of carbonyl (C=O) groups excluding carboxylic acids is 1. The van der Waals surface area contributed by atoms with E-state index >= 15 is 0 Å². The van der Waals surface area contributed by atoms with Gasteiger partial charge in [-0.05, 0) is 12.1 Å². The van der Waals surface area contributed by atoms with Crippen molar-refractivity contribution in [1.29, 1.82) is 0 Å². The van der Waals surface area contributed by atoms with Crippen LogP contribution in [0.2, 0.25) is 0 Å². The zero-order valence-corrected chi connectivity index (χ0v) is 10.3. The number of pyridine rings is 1. The third kappa shape index (κ3) is 2.51. The number of benzene rings is 1. The van der Waals surface area contributed by atoms with Crippen molar-refractivity contribution in [1.82, 2.24) is 15.4 Å². The summed E-state index contributed by atoms with van der Waals surface area (Å²) in [6.45, 7) is 0. The van der Waals surface area contributed by atoms with Crippen LogP contribution >= 0.6 is 0 Å². The molecule has 0 fully saturated rings. The first-order valence-electron chi connectivity index (χ1n) is 5.87. The zero-order chi connectivity index (χ0) is 13.8. The van der Waals surface area contributed by atoms with Crippen molar-refractivity contribution in [2.75, 3.05) is 5.32 Å². The fourth-order valence-electron chi connectivity index (χ4n) is 1.57. The molecule has 7 heteroatoms. The second kappa shape index (κ2) is 5.27. The summed E-state index contributed by atoms with van der Waals surface area (Å²) < 4.78 is 4.95.